The van der Waals surface area contributed by atoms with E-state index < -0.39 is 11.9 Å². The maximum absolute atomic E-state index is 12.2. The zero-order valence-corrected chi connectivity index (χ0v) is 17.8. The number of carbonyl (C=O) groups is 2. The van der Waals surface area contributed by atoms with Crippen LogP contribution in [0.2, 0.25) is 0 Å². The topological polar surface area (TPSA) is 88.7 Å². The summed E-state index contributed by atoms with van der Waals surface area (Å²) in [5, 5.41) is 6.42. The van der Waals surface area contributed by atoms with E-state index in [0.717, 1.165) is 50.2 Å². The summed E-state index contributed by atoms with van der Waals surface area (Å²) in [5.41, 5.74) is 4.61. The van der Waals surface area contributed by atoms with Crippen LogP contribution in [0.4, 0.5) is 0 Å². The summed E-state index contributed by atoms with van der Waals surface area (Å²) < 4.78 is 0. The van der Waals surface area contributed by atoms with E-state index in [4.69, 9.17) is 9.68 Å². The summed E-state index contributed by atoms with van der Waals surface area (Å²) in [5.74, 6) is -1.13. The highest BCUT2D eigenvalue weighted by molar-refractivity contribution is 5.90. The number of hydrogen-bond acceptors (Lipinski definition) is 7. The summed E-state index contributed by atoms with van der Waals surface area (Å²) in [6.45, 7) is 13.2. The van der Waals surface area contributed by atoms with Crippen LogP contribution in [0.1, 0.15) is 80.1 Å². The Balaban J connectivity index is 4.64. The van der Waals surface area contributed by atoms with Gasteiger partial charge in [0.1, 0.15) is 0 Å². The molecule has 0 radical (unpaired) electrons. The number of nitrogens with one attached hydrogen (secondary N) is 3. The second-order valence-electron chi connectivity index (χ2n) is 6.34. The second-order valence-corrected chi connectivity index (χ2v) is 6.34. The first kappa shape index (κ1) is 25.0. The molecular weight excluding hydrogens is 346 g/mol. The third-order valence-corrected chi connectivity index (χ3v) is 4.21. The van der Waals surface area contributed by atoms with Crippen molar-refractivity contribution in [1.29, 1.82) is 0 Å². The number of allylic oxidation sites excluding steroid dienone is 2. The average Bonchev–Trinajstić information content (AvgIpc) is 2.63. The molecule has 0 aromatic rings. The molecule has 0 aromatic carbocycles. The Bertz CT molecular complexity index is 481. The fourth-order valence-corrected chi connectivity index (χ4v) is 2.46. The lowest BCUT2D eigenvalue weighted by atomic mass is 10.1. The number of carbonyl (C=O) groups excluding carboxylic acids is 2. The van der Waals surface area contributed by atoms with E-state index in [2.05, 4.69) is 24.5 Å². The molecular formula is C20H37N3O4. The third-order valence-electron chi connectivity index (χ3n) is 4.21. The molecule has 0 unspecified atom stereocenters. The lowest BCUT2D eigenvalue weighted by Gasteiger charge is -2.14. The maximum atomic E-state index is 12.2. The van der Waals surface area contributed by atoms with E-state index in [9.17, 15) is 9.59 Å². The molecule has 0 rings (SSSR count). The second kappa shape index (κ2) is 15.1. The first-order valence-corrected chi connectivity index (χ1v) is 9.97. The molecule has 0 bridgehead atoms. The fourth-order valence-electron chi connectivity index (χ4n) is 2.46. The molecule has 7 heteroatoms. The molecule has 0 saturated carbocycles. The van der Waals surface area contributed by atoms with Gasteiger partial charge in [-0.25, -0.2) is 9.59 Å². The summed E-state index contributed by atoms with van der Waals surface area (Å²) in [6, 6.07) is 0. The van der Waals surface area contributed by atoms with E-state index >= 15 is 0 Å². The highest BCUT2D eigenvalue weighted by Gasteiger charge is 2.16. The van der Waals surface area contributed by atoms with Crippen LogP contribution in [0.3, 0.4) is 0 Å². The first-order valence-electron chi connectivity index (χ1n) is 9.97. The molecule has 0 atom stereocenters. The quantitative estimate of drug-likeness (QED) is 0.240. The molecule has 0 heterocycles. The standard InChI is InChI=1S/C20H37N3O4/c1-7-11-13-21-15(5)17(9-3)19(24)26-23-27-20(25)18(10-4)16(6)22-14-12-8-2/h21-23H,7-14H2,1-6H3. The number of hydrogen-bond donors (Lipinski definition) is 3. The van der Waals surface area contributed by atoms with Gasteiger partial charge in [0, 0.05) is 30.1 Å². The van der Waals surface area contributed by atoms with Gasteiger partial charge in [0.25, 0.3) is 0 Å². The van der Waals surface area contributed by atoms with Gasteiger partial charge >= 0.3 is 11.9 Å². The van der Waals surface area contributed by atoms with Crippen molar-refractivity contribution in [2.24, 2.45) is 0 Å². The molecule has 0 fully saturated rings. The predicted octanol–water partition coefficient (Wildman–Crippen LogP) is 3.64. The average molecular weight is 384 g/mol. The SMILES string of the molecule is CCCCNC(C)=C(CC)C(=O)ONOC(=O)C(CC)=C(C)NCCCC. The van der Waals surface area contributed by atoms with Crippen molar-refractivity contribution in [3.63, 3.8) is 0 Å². The minimum atomic E-state index is -0.563. The molecule has 3 N–H and O–H groups in total. The third kappa shape index (κ3) is 10.0. The molecule has 0 aliphatic carbocycles. The van der Waals surface area contributed by atoms with E-state index in [-0.39, 0.29) is 0 Å². The summed E-state index contributed by atoms with van der Waals surface area (Å²) in [7, 11) is 0. The molecule has 27 heavy (non-hydrogen) atoms. The molecule has 0 aromatic heterocycles. The van der Waals surface area contributed by atoms with Crippen LogP contribution in [0, 0.1) is 0 Å². The van der Waals surface area contributed by atoms with Gasteiger partial charge in [0.2, 0.25) is 0 Å². The minimum absolute atomic E-state index is 0.512. The van der Waals surface area contributed by atoms with Gasteiger partial charge in [0.05, 0.1) is 11.1 Å². The van der Waals surface area contributed by atoms with Crippen molar-refractivity contribution >= 4 is 11.9 Å². The van der Waals surface area contributed by atoms with Crippen LogP contribution in [0.15, 0.2) is 22.5 Å². The van der Waals surface area contributed by atoms with Crippen LogP contribution in [-0.4, -0.2) is 25.0 Å². The van der Waals surface area contributed by atoms with Crippen LogP contribution in [0.25, 0.3) is 0 Å². The van der Waals surface area contributed by atoms with E-state index in [1.165, 1.54) is 0 Å². The van der Waals surface area contributed by atoms with Crippen molar-refractivity contribution in [3.05, 3.63) is 22.5 Å². The van der Waals surface area contributed by atoms with Gasteiger partial charge in [-0.2, -0.15) is 0 Å². The molecule has 0 amide bonds. The molecule has 7 nitrogen and oxygen atoms in total. The molecule has 156 valence electrons. The van der Waals surface area contributed by atoms with Crippen molar-refractivity contribution in [2.45, 2.75) is 80.1 Å². The zero-order valence-electron chi connectivity index (χ0n) is 17.8. The zero-order chi connectivity index (χ0) is 20.7. The number of unbranched alkanes of at least 4 members (excludes halogenated alkanes) is 2. The van der Waals surface area contributed by atoms with E-state index in [1.54, 1.807) is 0 Å². The van der Waals surface area contributed by atoms with Crippen LogP contribution in [0.5, 0.6) is 0 Å². The maximum Gasteiger partial charge on any atom is 0.357 e. The normalized spacial score (nSPS) is 12.7. The van der Waals surface area contributed by atoms with Gasteiger partial charge in [-0.05, 0) is 39.5 Å². The summed E-state index contributed by atoms with van der Waals surface area (Å²) in [6.07, 6.45) is 5.22. The Kier molecular flexibility index (Phi) is 14.0. The van der Waals surface area contributed by atoms with Crippen molar-refractivity contribution < 1.29 is 19.3 Å². The molecule has 0 spiro atoms. The van der Waals surface area contributed by atoms with Crippen LogP contribution < -0.4 is 16.3 Å². The van der Waals surface area contributed by atoms with E-state index in [1.807, 2.05) is 33.3 Å². The Morgan fingerprint density at radius 2 is 1.07 bits per heavy atom. The lowest BCUT2D eigenvalue weighted by Crippen LogP contribution is -2.28. The summed E-state index contributed by atoms with van der Waals surface area (Å²) in [4.78, 5) is 34.1. The van der Waals surface area contributed by atoms with Crippen molar-refractivity contribution in [1.82, 2.24) is 16.3 Å². The van der Waals surface area contributed by atoms with Crippen molar-refractivity contribution in [3.8, 4) is 0 Å². The van der Waals surface area contributed by atoms with Crippen LogP contribution >= 0.6 is 0 Å². The fraction of sp³-hybridized carbons (Fsp3) is 0.700. The number of rotatable bonds is 14. The minimum Gasteiger partial charge on any atom is -0.388 e. The van der Waals surface area contributed by atoms with Gasteiger partial charge in [-0.3, -0.25) is 0 Å². The van der Waals surface area contributed by atoms with Gasteiger partial charge in [0.15, 0.2) is 0 Å². The first-order chi connectivity index (χ1) is 12.9. The highest BCUT2D eigenvalue weighted by Crippen LogP contribution is 2.10. The van der Waals surface area contributed by atoms with Gasteiger partial charge in [-0.1, -0.05) is 40.5 Å². The Morgan fingerprint density at radius 1 is 0.704 bits per heavy atom. The Hall–Kier alpha value is -2.02. The van der Waals surface area contributed by atoms with Crippen LogP contribution in [-0.2, 0) is 19.3 Å². The Labute approximate surface area is 163 Å². The lowest BCUT2D eigenvalue weighted by molar-refractivity contribution is -0.193. The van der Waals surface area contributed by atoms with Gasteiger partial charge < -0.3 is 20.3 Å². The largest absolute Gasteiger partial charge is 0.388 e. The smallest absolute Gasteiger partial charge is 0.357 e. The predicted molar refractivity (Wildman–Crippen MR) is 107 cm³/mol. The Morgan fingerprint density at radius 3 is 1.37 bits per heavy atom. The summed E-state index contributed by atoms with van der Waals surface area (Å²) >= 11 is 0. The highest BCUT2D eigenvalue weighted by atomic mass is 16.9. The monoisotopic (exact) mass is 383 g/mol. The van der Waals surface area contributed by atoms with Gasteiger partial charge in [-0.15, -0.1) is 0 Å². The molecule has 0 saturated heterocycles. The molecule has 0 aliphatic rings. The van der Waals surface area contributed by atoms with Crippen molar-refractivity contribution in [2.75, 3.05) is 13.1 Å². The molecule has 0 aliphatic heterocycles. The van der Waals surface area contributed by atoms with E-state index in [0.29, 0.717) is 24.0 Å².